The van der Waals surface area contributed by atoms with Gasteiger partial charge in [0.1, 0.15) is 0 Å². The SMILES string of the molecule is CC1(C)CCC(C)(C)c2cc(Nc3ccc(N(c4ccccc4)c4ccccc4)cc3-c3c4c5c(c6ccccc36)c3ccccc3n5-c3cc5c(cc3B4)C(C)(C)CCC5(C)C)ccc21. The van der Waals surface area contributed by atoms with Gasteiger partial charge in [-0.05, 0) is 158 Å². The Kier molecular flexibility index (Phi) is 8.99. The quantitative estimate of drug-likeness (QED) is 0.168. The Morgan fingerprint density at radius 2 is 1.03 bits per heavy atom. The summed E-state index contributed by atoms with van der Waals surface area (Å²) in [5.74, 6) is 0. The molecular weight excluding hydrogens is 798 g/mol. The molecule has 3 aliphatic rings. The van der Waals surface area contributed by atoms with Crippen molar-refractivity contribution in [1.29, 1.82) is 0 Å². The van der Waals surface area contributed by atoms with Crippen LogP contribution in [0.25, 0.3) is 49.4 Å². The van der Waals surface area contributed by atoms with Crippen molar-refractivity contribution >= 4 is 79.2 Å². The van der Waals surface area contributed by atoms with Crippen LogP contribution >= 0.6 is 0 Å². The van der Waals surface area contributed by atoms with Gasteiger partial charge in [-0.3, -0.25) is 0 Å². The molecule has 0 atom stereocenters. The molecule has 0 fully saturated rings. The molecule has 3 nitrogen and oxygen atoms in total. The van der Waals surface area contributed by atoms with Gasteiger partial charge in [-0.15, -0.1) is 0 Å². The van der Waals surface area contributed by atoms with Crippen molar-refractivity contribution in [2.75, 3.05) is 10.2 Å². The van der Waals surface area contributed by atoms with Crippen LogP contribution < -0.4 is 21.1 Å². The molecule has 2 aliphatic carbocycles. The maximum Gasteiger partial charge on any atom is 0.198 e. The summed E-state index contributed by atoms with van der Waals surface area (Å²) in [6.07, 6.45) is 4.75. The zero-order chi connectivity index (χ0) is 45.3. The zero-order valence-corrected chi connectivity index (χ0v) is 39.9. The number of hydrogen-bond acceptors (Lipinski definition) is 2. The molecule has 66 heavy (non-hydrogen) atoms. The maximum atomic E-state index is 4.11. The summed E-state index contributed by atoms with van der Waals surface area (Å²) in [5.41, 5.74) is 21.2. The van der Waals surface area contributed by atoms with Crippen LogP contribution in [-0.2, 0) is 21.7 Å². The summed E-state index contributed by atoms with van der Waals surface area (Å²) in [6.45, 7) is 19.5. The minimum absolute atomic E-state index is 0.0935. The van der Waals surface area contributed by atoms with E-state index in [1.54, 1.807) is 0 Å². The Labute approximate surface area is 391 Å². The Balaban J connectivity index is 1.17. The molecule has 1 aliphatic heterocycles. The number of hydrogen-bond donors (Lipinski definition) is 1. The van der Waals surface area contributed by atoms with E-state index in [2.05, 4.69) is 228 Å². The van der Waals surface area contributed by atoms with E-state index in [0.717, 1.165) is 35.7 Å². The van der Waals surface area contributed by atoms with Crippen molar-refractivity contribution in [3.05, 3.63) is 180 Å². The Morgan fingerprint density at radius 1 is 0.485 bits per heavy atom. The molecular formula is C62H60BN3. The number of nitrogens with one attached hydrogen (secondary N) is 1. The van der Waals surface area contributed by atoms with Crippen molar-refractivity contribution in [1.82, 2.24) is 4.57 Å². The van der Waals surface area contributed by atoms with Crippen molar-refractivity contribution in [2.45, 2.75) is 103 Å². The number of aromatic nitrogens is 1. The molecule has 8 aromatic carbocycles. The molecule has 2 heterocycles. The van der Waals surface area contributed by atoms with Crippen LogP contribution in [0, 0.1) is 0 Å². The fraction of sp³-hybridized carbons (Fsp3) is 0.258. The maximum absolute atomic E-state index is 4.11. The summed E-state index contributed by atoms with van der Waals surface area (Å²) in [5, 5.41) is 9.35. The van der Waals surface area contributed by atoms with Crippen molar-refractivity contribution < 1.29 is 0 Å². The average Bonchev–Trinajstić information content (AvgIpc) is 3.67. The van der Waals surface area contributed by atoms with E-state index in [4.69, 9.17) is 0 Å². The van der Waals surface area contributed by atoms with Gasteiger partial charge in [0, 0.05) is 56.0 Å². The fourth-order valence-corrected chi connectivity index (χ4v) is 12.3. The molecule has 0 bridgehead atoms. The predicted octanol–water partition coefficient (Wildman–Crippen LogP) is 15.2. The third kappa shape index (κ3) is 6.24. The molecule has 12 rings (SSSR count). The van der Waals surface area contributed by atoms with E-state index in [-0.39, 0.29) is 21.7 Å². The highest BCUT2D eigenvalue weighted by Gasteiger charge is 2.40. The molecule has 1 aromatic heterocycles. The molecule has 0 saturated heterocycles. The highest BCUT2D eigenvalue weighted by Crippen LogP contribution is 2.50. The lowest BCUT2D eigenvalue weighted by Gasteiger charge is -2.43. The van der Waals surface area contributed by atoms with E-state index >= 15 is 0 Å². The summed E-state index contributed by atoms with van der Waals surface area (Å²) in [4.78, 5) is 2.41. The second-order valence-electron chi connectivity index (χ2n) is 22.3. The zero-order valence-electron chi connectivity index (χ0n) is 39.9. The summed E-state index contributed by atoms with van der Waals surface area (Å²) < 4.78 is 2.65. The normalized spacial score (nSPS) is 17.2. The topological polar surface area (TPSA) is 20.2 Å². The first-order valence-corrected chi connectivity index (χ1v) is 24.3. The van der Waals surface area contributed by atoms with Crippen LogP contribution in [0.5, 0.6) is 0 Å². The number of nitrogens with zero attached hydrogens (tertiary/aromatic N) is 2. The smallest absolute Gasteiger partial charge is 0.198 e. The van der Waals surface area contributed by atoms with Crippen molar-refractivity contribution in [3.8, 4) is 16.8 Å². The summed E-state index contributed by atoms with van der Waals surface area (Å²) >= 11 is 0. The second kappa shape index (κ2) is 14.5. The van der Waals surface area contributed by atoms with E-state index in [1.807, 2.05) is 0 Å². The monoisotopic (exact) mass is 857 g/mol. The predicted molar refractivity (Wildman–Crippen MR) is 285 cm³/mol. The lowest BCUT2D eigenvalue weighted by atomic mass is 9.55. The Hall–Kier alpha value is -6.52. The van der Waals surface area contributed by atoms with E-state index in [9.17, 15) is 0 Å². The summed E-state index contributed by atoms with van der Waals surface area (Å²) in [6, 6.07) is 59.6. The molecule has 9 aromatic rings. The van der Waals surface area contributed by atoms with Crippen LogP contribution in [0.2, 0.25) is 0 Å². The van der Waals surface area contributed by atoms with Crippen LogP contribution in [0.1, 0.15) is 103 Å². The van der Waals surface area contributed by atoms with Gasteiger partial charge in [0.05, 0.1) is 5.52 Å². The molecule has 0 amide bonds. The Bertz CT molecular complexity index is 3390. The first-order chi connectivity index (χ1) is 31.7. The van der Waals surface area contributed by atoms with Gasteiger partial charge < -0.3 is 14.8 Å². The van der Waals surface area contributed by atoms with Gasteiger partial charge in [-0.1, -0.05) is 152 Å². The molecule has 1 N–H and O–H groups in total. The number of rotatable bonds is 6. The second-order valence-corrected chi connectivity index (χ2v) is 22.3. The largest absolute Gasteiger partial charge is 0.355 e. The van der Waals surface area contributed by atoms with E-state index < -0.39 is 0 Å². The number of fused-ring (bicyclic) bond motifs is 9. The lowest BCUT2D eigenvalue weighted by molar-refractivity contribution is 0.332. The number of benzene rings is 8. The van der Waals surface area contributed by atoms with Gasteiger partial charge in [0.2, 0.25) is 0 Å². The molecule has 326 valence electrons. The Morgan fingerprint density at radius 3 is 1.68 bits per heavy atom. The third-order valence-corrected chi connectivity index (χ3v) is 16.3. The number of anilines is 5. The number of para-hydroxylation sites is 3. The third-order valence-electron chi connectivity index (χ3n) is 16.3. The fourth-order valence-electron chi connectivity index (χ4n) is 12.3. The lowest BCUT2D eigenvalue weighted by Crippen LogP contribution is -2.41. The highest BCUT2D eigenvalue weighted by atomic mass is 15.1. The van der Waals surface area contributed by atoms with Gasteiger partial charge in [-0.25, -0.2) is 0 Å². The van der Waals surface area contributed by atoms with Crippen LogP contribution in [0.3, 0.4) is 0 Å². The van der Waals surface area contributed by atoms with E-state index in [0.29, 0.717) is 0 Å². The molecule has 0 radical (unpaired) electrons. The molecule has 0 spiro atoms. The molecule has 0 unspecified atom stereocenters. The van der Waals surface area contributed by atoms with Crippen LogP contribution in [0.15, 0.2) is 158 Å². The minimum atomic E-state index is 0.0935. The molecule has 4 heteroatoms. The highest BCUT2D eigenvalue weighted by molar-refractivity contribution is 6.74. The molecule has 0 saturated carbocycles. The van der Waals surface area contributed by atoms with Gasteiger partial charge >= 0.3 is 0 Å². The van der Waals surface area contributed by atoms with Crippen molar-refractivity contribution in [2.24, 2.45) is 0 Å². The first-order valence-electron chi connectivity index (χ1n) is 24.3. The van der Waals surface area contributed by atoms with Crippen LogP contribution in [0.4, 0.5) is 28.4 Å². The van der Waals surface area contributed by atoms with Crippen molar-refractivity contribution in [3.63, 3.8) is 0 Å². The average molecular weight is 858 g/mol. The minimum Gasteiger partial charge on any atom is -0.355 e. The van der Waals surface area contributed by atoms with Crippen LogP contribution in [-0.4, -0.2) is 11.8 Å². The standard InChI is InChI=1S/C62H60BN3/c1-59(2)31-32-60(3,4)48-35-39(27-29-47(48)59)64-52-30-28-42(65(40-19-11-9-12-20-40)41-21-13-10-14-22-41)36-46(52)55-43-23-15-16-24-44(43)56-45-25-17-18-26-53(45)66-54-38-50-49(37-51(54)63-57(55)58(56)66)61(5,6)33-34-62(50,7)8/h9-30,35-38,63-64H,31-34H2,1-8H3. The van der Waals surface area contributed by atoms with E-state index in [1.165, 1.54) is 108 Å². The van der Waals surface area contributed by atoms with Gasteiger partial charge in [-0.2, -0.15) is 0 Å². The van der Waals surface area contributed by atoms with Gasteiger partial charge in [0.15, 0.2) is 7.28 Å². The van der Waals surface area contributed by atoms with Gasteiger partial charge in [0.25, 0.3) is 0 Å². The first kappa shape index (κ1) is 41.0. The summed E-state index contributed by atoms with van der Waals surface area (Å²) in [7, 11) is 0.846.